The lowest BCUT2D eigenvalue weighted by Crippen LogP contribution is -2.31. The molecule has 6 nitrogen and oxygen atoms in total. The summed E-state index contributed by atoms with van der Waals surface area (Å²) in [6.07, 6.45) is 13.3. The number of rotatable bonds is 21. The molecule has 0 rings (SSSR count). The maximum atomic E-state index is 12.0. The van der Waals surface area contributed by atoms with Crippen LogP contribution in [0, 0.1) is 0 Å². The van der Waals surface area contributed by atoms with Crippen LogP contribution in [-0.2, 0) is 28.5 Å². The molecule has 0 aliphatic rings. The molecule has 32 heavy (non-hydrogen) atoms. The zero-order valence-corrected chi connectivity index (χ0v) is 21.8. The first-order chi connectivity index (χ1) is 15.1. The number of ether oxygens (including phenoxy) is 4. The van der Waals surface area contributed by atoms with Crippen molar-refractivity contribution in [1.82, 2.24) is 0 Å². The number of hydrogen-bond donors (Lipinski definition) is 0. The summed E-state index contributed by atoms with van der Waals surface area (Å²) in [6.45, 7) is 12.6. The zero-order valence-electron chi connectivity index (χ0n) is 21.8. The molecule has 0 aliphatic carbocycles. The van der Waals surface area contributed by atoms with Crippen molar-refractivity contribution >= 4 is 11.9 Å². The van der Waals surface area contributed by atoms with E-state index in [0.29, 0.717) is 26.1 Å². The second kappa shape index (κ2) is 18.3. The van der Waals surface area contributed by atoms with E-state index in [1.165, 1.54) is 0 Å². The molecule has 0 aromatic heterocycles. The molecule has 0 amide bonds. The topological polar surface area (TPSA) is 71.1 Å². The molecule has 0 aromatic carbocycles. The Morgan fingerprint density at radius 2 is 0.844 bits per heavy atom. The van der Waals surface area contributed by atoms with Crippen LogP contribution in [0.2, 0.25) is 0 Å². The molecule has 0 aliphatic heterocycles. The van der Waals surface area contributed by atoms with Crippen molar-refractivity contribution in [3.05, 3.63) is 0 Å². The Balaban J connectivity index is 3.60. The molecule has 0 fully saturated rings. The van der Waals surface area contributed by atoms with Gasteiger partial charge in [0.1, 0.15) is 0 Å². The van der Waals surface area contributed by atoms with E-state index >= 15 is 0 Å². The Morgan fingerprint density at radius 1 is 0.531 bits per heavy atom. The number of esters is 2. The van der Waals surface area contributed by atoms with E-state index in [-0.39, 0.29) is 11.9 Å². The van der Waals surface area contributed by atoms with Gasteiger partial charge in [0.05, 0.1) is 13.2 Å². The average molecular weight is 459 g/mol. The van der Waals surface area contributed by atoms with E-state index in [4.69, 9.17) is 18.9 Å². The van der Waals surface area contributed by atoms with Crippen molar-refractivity contribution in [3.8, 4) is 0 Å². The van der Waals surface area contributed by atoms with Crippen LogP contribution in [0.4, 0.5) is 0 Å². The van der Waals surface area contributed by atoms with Gasteiger partial charge >= 0.3 is 11.9 Å². The third kappa shape index (κ3) is 19.5. The molecular weight excluding hydrogens is 408 g/mol. The summed E-state index contributed by atoms with van der Waals surface area (Å²) in [7, 11) is 0. The first kappa shape index (κ1) is 30.9. The quantitative estimate of drug-likeness (QED) is 0.104. The van der Waals surface area contributed by atoms with Crippen LogP contribution in [0.15, 0.2) is 0 Å². The summed E-state index contributed by atoms with van der Waals surface area (Å²) in [5.74, 6) is -2.04. The lowest BCUT2D eigenvalue weighted by molar-refractivity contribution is -0.217. The summed E-state index contributed by atoms with van der Waals surface area (Å²) in [5.41, 5.74) is 0. The third-order valence-corrected chi connectivity index (χ3v) is 5.13. The van der Waals surface area contributed by atoms with Gasteiger partial charge < -0.3 is 18.9 Å². The molecule has 190 valence electrons. The standard InChI is InChI=1S/C26H50O6/c1-7-9-21-29-25(3,4)31-23(27)19-17-15-13-11-12-14-16-18-20-24(28)32-26(5,6)30-22-10-8-2/h7-22H2,1-6H3. The average Bonchev–Trinajstić information content (AvgIpc) is 2.68. The largest absolute Gasteiger partial charge is 0.434 e. The van der Waals surface area contributed by atoms with E-state index in [9.17, 15) is 9.59 Å². The van der Waals surface area contributed by atoms with Gasteiger partial charge in [-0.1, -0.05) is 65.2 Å². The lowest BCUT2D eigenvalue weighted by atomic mass is 10.1. The summed E-state index contributed by atoms with van der Waals surface area (Å²) >= 11 is 0. The predicted octanol–water partition coefficient (Wildman–Crippen LogP) is 7.08. The van der Waals surface area contributed by atoms with Crippen molar-refractivity contribution in [1.29, 1.82) is 0 Å². The number of carbonyl (C=O) groups is 2. The molecule has 0 spiro atoms. The highest BCUT2D eigenvalue weighted by Gasteiger charge is 2.23. The van der Waals surface area contributed by atoms with E-state index < -0.39 is 11.6 Å². The molecule has 6 heteroatoms. The van der Waals surface area contributed by atoms with Gasteiger partial charge in [-0.25, -0.2) is 0 Å². The van der Waals surface area contributed by atoms with Crippen molar-refractivity contribution < 1.29 is 28.5 Å². The van der Waals surface area contributed by atoms with Gasteiger partial charge in [0.15, 0.2) is 0 Å². The van der Waals surface area contributed by atoms with Crippen LogP contribution >= 0.6 is 0 Å². The number of hydrogen-bond acceptors (Lipinski definition) is 6. The smallest absolute Gasteiger partial charge is 0.308 e. The van der Waals surface area contributed by atoms with Crippen LogP contribution in [-0.4, -0.2) is 36.7 Å². The van der Waals surface area contributed by atoms with Crippen LogP contribution < -0.4 is 0 Å². The molecule has 0 bridgehead atoms. The molecule has 0 radical (unpaired) electrons. The van der Waals surface area contributed by atoms with Crippen LogP contribution in [0.3, 0.4) is 0 Å². The molecule has 0 heterocycles. The summed E-state index contributed by atoms with van der Waals surface area (Å²) in [4.78, 5) is 23.9. The van der Waals surface area contributed by atoms with E-state index in [1.54, 1.807) is 27.7 Å². The second-order valence-corrected chi connectivity index (χ2v) is 9.48. The first-order valence-corrected chi connectivity index (χ1v) is 12.8. The van der Waals surface area contributed by atoms with Gasteiger partial charge in [0.2, 0.25) is 11.6 Å². The Labute approximate surface area is 197 Å². The Kier molecular flexibility index (Phi) is 17.7. The van der Waals surface area contributed by atoms with Crippen LogP contribution in [0.1, 0.15) is 131 Å². The van der Waals surface area contributed by atoms with E-state index in [2.05, 4.69) is 13.8 Å². The maximum absolute atomic E-state index is 12.0. The summed E-state index contributed by atoms with van der Waals surface area (Å²) < 4.78 is 22.1. The fourth-order valence-electron chi connectivity index (χ4n) is 3.23. The van der Waals surface area contributed by atoms with Crippen molar-refractivity contribution in [2.45, 2.75) is 143 Å². The Hall–Kier alpha value is -1.14. The van der Waals surface area contributed by atoms with Crippen LogP contribution in [0.25, 0.3) is 0 Å². The molecule has 0 saturated heterocycles. The fraction of sp³-hybridized carbons (Fsp3) is 0.923. The highest BCUT2D eigenvalue weighted by molar-refractivity contribution is 5.70. The summed E-state index contributed by atoms with van der Waals surface area (Å²) in [6, 6.07) is 0. The number of carbonyl (C=O) groups excluding carboxylic acids is 2. The van der Waals surface area contributed by atoms with Crippen molar-refractivity contribution in [3.63, 3.8) is 0 Å². The lowest BCUT2D eigenvalue weighted by Gasteiger charge is -2.25. The van der Waals surface area contributed by atoms with Gasteiger partial charge in [0.25, 0.3) is 0 Å². The highest BCUT2D eigenvalue weighted by Crippen LogP contribution is 2.17. The van der Waals surface area contributed by atoms with Crippen molar-refractivity contribution in [2.24, 2.45) is 0 Å². The summed E-state index contributed by atoms with van der Waals surface area (Å²) in [5, 5.41) is 0. The second-order valence-electron chi connectivity index (χ2n) is 9.48. The minimum atomic E-state index is -0.837. The Morgan fingerprint density at radius 3 is 1.16 bits per heavy atom. The SMILES string of the molecule is CCCCOC(C)(C)OC(=O)CCCCCCCCCCC(=O)OC(C)(C)OCCCC. The third-order valence-electron chi connectivity index (χ3n) is 5.13. The van der Waals surface area contributed by atoms with E-state index in [0.717, 1.165) is 77.0 Å². The van der Waals surface area contributed by atoms with Crippen LogP contribution in [0.5, 0.6) is 0 Å². The normalized spacial score (nSPS) is 12.1. The van der Waals surface area contributed by atoms with Gasteiger partial charge in [-0.05, 0) is 25.7 Å². The fourth-order valence-corrected chi connectivity index (χ4v) is 3.23. The minimum absolute atomic E-state index is 0.183. The zero-order chi connectivity index (χ0) is 24.3. The predicted molar refractivity (Wildman–Crippen MR) is 128 cm³/mol. The van der Waals surface area contributed by atoms with Gasteiger partial charge in [-0.15, -0.1) is 0 Å². The Bertz CT molecular complexity index is 443. The van der Waals surface area contributed by atoms with Crippen molar-refractivity contribution in [2.75, 3.05) is 13.2 Å². The first-order valence-electron chi connectivity index (χ1n) is 12.8. The number of unbranched alkanes of at least 4 members (excludes halogenated alkanes) is 9. The van der Waals surface area contributed by atoms with Gasteiger partial charge in [0, 0.05) is 40.5 Å². The minimum Gasteiger partial charge on any atom is -0.434 e. The van der Waals surface area contributed by atoms with Gasteiger partial charge in [-0.2, -0.15) is 0 Å². The molecule has 0 atom stereocenters. The van der Waals surface area contributed by atoms with E-state index in [1.807, 2.05) is 0 Å². The molecule has 0 aromatic rings. The molecular formula is C26H50O6. The molecule has 0 unspecified atom stereocenters. The molecule has 0 N–H and O–H groups in total. The van der Waals surface area contributed by atoms with Gasteiger partial charge in [-0.3, -0.25) is 9.59 Å². The maximum Gasteiger partial charge on any atom is 0.308 e. The monoisotopic (exact) mass is 458 g/mol. The highest BCUT2D eigenvalue weighted by atomic mass is 16.7. The molecule has 0 saturated carbocycles.